The van der Waals surface area contributed by atoms with E-state index in [9.17, 15) is 0 Å². The predicted molar refractivity (Wildman–Crippen MR) is 592 cm³/mol. The SMILES string of the molecule is c1ccc2c(c1)-c1ccccc1C2c1ccc(-c2ccc(-c3ccc(C4c5ccccc5-c5ccccc54)cc3)cc2)cc1.c1ccc2c(c1)-c1ccccc1C2c1ccc(-c2ccc(-c3ccc(C4c5ccccc5-c5ccccc54)cc3)cc2)cc1.c1ccc2c(c1)-c1ccccc1C2c1ccc(-c2ccc(-c3ccc4ccccc4c3)c(-c3ccc(C4c5ccccc5-c5ccccc54)cc3)c2)cc1. The highest BCUT2D eigenvalue weighted by Crippen LogP contribution is 2.56. The van der Waals surface area contributed by atoms with Crippen LogP contribution in [0, 0.1) is 0 Å². The normalized spacial score (nSPS) is 13.2. The molecule has 0 spiro atoms. The first-order valence-corrected chi connectivity index (χ1v) is 50.0. The second-order valence-electron chi connectivity index (χ2n) is 38.9. The van der Waals surface area contributed by atoms with E-state index in [1.807, 2.05) is 0 Å². The molecule has 142 heavy (non-hydrogen) atoms. The minimum atomic E-state index is 0.232. The van der Waals surface area contributed by atoms with Crippen molar-refractivity contribution < 1.29 is 0 Å². The molecule has 0 nitrogen and oxygen atoms in total. The number of rotatable bonds is 13. The molecule has 23 aromatic rings. The maximum Gasteiger partial charge on any atom is 0.0352 e. The Balaban J connectivity index is 0.000000107. The number of fused-ring (bicyclic) bond motifs is 19. The van der Waals surface area contributed by atoms with Crippen LogP contribution in [0.4, 0.5) is 0 Å². The Morgan fingerprint density at radius 2 is 0.239 bits per heavy atom. The van der Waals surface area contributed by atoms with Crippen molar-refractivity contribution in [3.8, 4) is 145 Å². The van der Waals surface area contributed by atoms with Crippen LogP contribution in [-0.2, 0) is 0 Å². The van der Waals surface area contributed by atoms with E-state index in [0.29, 0.717) is 0 Å². The lowest BCUT2D eigenvalue weighted by Gasteiger charge is -2.18. The molecule has 0 saturated heterocycles. The molecular formula is C142H96. The Hall–Kier alpha value is -17.7. The maximum absolute atomic E-state index is 2.40. The summed E-state index contributed by atoms with van der Waals surface area (Å²) in [5.74, 6) is 1.62. The topological polar surface area (TPSA) is 0 Å². The second kappa shape index (κ2) is 35.4. The first-order valence-electron chi connectivity index (χ1n) is 50.0. The Morgan fingerprint density at radius 1 is 0.0845 bits per heavy atom. The van der Waals surface area contributed by atoms with Gasteiger partial charge in [0, 0.05) is 35.5 Å². The molecule has 664 valence electrons. The third kappa shape index (κ3) is 14.6. The van der Waals surface area contributed by atoms with Gasteiger partial charge in [-0.3, -0.25) is 0 Å². The molecule has 0 aromatic heterocycles. The standard InChI is InChI=1S/C54H36.2C44H30/c1-2-12-40-33-42(30-23-35(40)11-1)43-32-31-41(36-21-26-38(27-22-36)53-48-17-7-3-13-44(48)45-14-4-8-18-49(45)53)34-52(43)37-24-28-39(29-25-37)54-50-19-9-5-15-46(50)47-16-6-10-20-51(47)54;2*1-5-13-39-35(9-1)36-10-2-6-14-40(36)43(39)33-25-21-31(22-26-33)29-17-19-30(20-18-29)32-23-27-34(28-24-32)44-41-15-7-3-11-37(41)38-12-4-8-16-42(38)44/h1-34,53-54H;2*1-28,43-44H. The monoisotopic (exact) mass is 1800 g/mol. The van der Waals surface area contributed by atoms with E-state index >= 15 is 0 Å². The van der Waals surface area contributed by atoms with E-state index in [-0.39, 0.29) is 35.5 Å². The molecule has 6 aliphatic rings. The molecule has 0 radical (unpaired) electrons. The zero-order valence-corrected chi connectivity index (χ0v) is 78.4. The molecule has 0 bridgehead atoms. The Morgan fingerprint density at radius 3 is 0.451 bits per heavy atom. The minimum absolute atomic E-state index is 0.232. The molecule has 0 aliphatic heterocycles. The van der Waals surface area contributed by atoms with Crippen molar-refractivity contribution in [2.24, 2.45) is 0 Å². The van der Waals surface area contributed by atoms with Gasteiger partial charge in [-0.15, -0.1) is 0 Å². The van der Waals surface area contributed by atoms with E-state index in [0.717, 1.165) is 0 Å². The molecule has 23 aromatic carbocycles. The van der Waals surface area contributed by atoms with Crippen LogP contribution in [0.1, 0.15) is 136 Å². The van der Waals surface area contributed by atoms with Gasteiger partial charge in [0.05, 0.1) is 0 Å². The Labute approximate surface area is 830 Å². The highest BCUT2D eigenvalue weighted by atomic mass is 14.4. The summed E-state index contributed by atoms with van der Waals surface area (Å²) in [5.41, 5.74) is 58.4. The summed E-state index contributed by atoms with van der Waals surface area (Å²) in [6.07, 6.45) is 0. The van der Waals surface area contributed by atoms with Gasteiger partial charge in [0.25, 0.3) is 0 Å². The van der Waals surface area contributed by atoms with Crippen LogP contribution >= 0.6 is 0 Å². The average molecular weight is 1800 g/mol. The zero-order valence-electron chi connectivity index (χ0n) is 78.4. The predicted octanol–water partition coefficient (Wildman–Crippen LogP) is 36.8. The summed E-state index contributed by atoms with van der Waals surface area (Å²) < 4.78 is 0. The lowest BCUT2D eigenvalue weighted by Crippen LogP contribution is -1.99. The lowest BCUT2D eigenvalue weighted by molar-refractivity contribution is 1.02. The van der Waals surface area contributed by atoms with Crippen LogP contribution in [0.15, 0.2) is 546 Å². The van der Waals surface area contributed by atoms with E-state index in [1.54, 1.807) is 0 Å². The fourth-order valence-electron chi connectivity index (χ4n) is 24.6. The highest BCUT2D eigenvalue weighted by molar-refractivity contribution is 5.95. The molecule has 0 heterocycles. The summed E-state index contributed by atoms with van der Waals surface area (Å²) in [5, 5.41) is 2.51. The van der Waals surface area contributed by atoms with Crippen LogP contribution < -0.4 is 0 Å². The molecule has 0 saturated carbocycles. The third-order valence-corrected chi connectivity index (χ3v) is 31.3. The summed E-state index contributed by atoms with van der Waals surface area (Å²) in [4.78, 5) is 0. The number of hydrogen-bond donors (Lipinski definition) is 0. The van der Waals surface area contributed by atoms with Crippen LogP contribution in [-0.4, -0.2) is 0 Å². The molecular weight excluding hydrogens is 1710 g/mol. The van der Waals surface area contributed by atoms with Gasteiger partial charge >= 0.3 is 0 Å². The summed E-state index contributed by atoms with van der Waals surface area (Å²) in [7, 11) is 0. The van der Waals surface area contributed by atoms with E-state index in [2.05, 4.69) is 546 Å². The third-order valence-electron chi connectivity index (χ3n) is 31.3. The van der Waals surface area contributed by atoms with Gasteiger partial charge in [-0.2, -0.15) is 0 Å². The van der Waals surface area contributed by atoms with Crippen molar-refractivity contribution in [1.29, 1.82) is 0 Å². The smallest absolute Gasteiger partial charge is 0.0352 e. The Kier molecular flexibility index (Phi) is 20.9. The average Bonchev–Trinajstić information content (AvgIpc) is 1.70. The summed E-state index contributed by atoms with van der Waals surface area (Å²) >= 11 is 0. The maximum atomic E-state index is 2.40. The molecule has 0 N–H and O–H groups in total. The molecule has 0 amide bonds. The lowest BCUT2D eigenvalue weighted by atomic mass is 9.86. The van der Waals surface area contributed by atoms with E-state index in [4.69, 9.17) is 0 Å². The van der Waals surface area contributed by atoms with Crippen molar-refractivity contribution in [2.45, 2.75) is 35.5 Å². The fraction of sp³-hybridized carbons (Fsp3) is 0.0423. The first kappa shape index (κ1) is 83.7. The summed E-state index contributed by atoms with van der Waals surface area (Å²) in [6, 6.07) is 202. The van der Waals surface area contributed by atoms with E-state index in [1.165, 1.54) is 256 Å². The van der Waals surface area contributed by atoms with Gasteiger partial charge < -0.3 is 0 Å². The largest absolute Gasteiger partial charge is 0.0619 e. The van der Waals surface area contributed by atoms with Gasteiger partial charge in [-0.25, -0.2) is 0 Å². The molecule has 0 heteroatoms. The first-order chi connectivity index (χ1) is 70.4. The molecule has 0 fully saturated rings. The van der Waals surface area contributed by atoms with Gasteiger partial charge in [0.1, 0.15) is 0 Å². The number of benzene rings is 23. The molecule has 6 aliphatic carbocycles. The van der Waals surface area contributed by atoms with Gasteiger partial charge in [0.15, 0.2) is 0 Å². The summed E-state index contributed by atoms with van der Waals surface area (Å²) in [6.45, 7) is 0. The van der Waals surface area contributed by atoms with Crippen molar-refractivity contribution in [3.63, 3.8) is 0 Å². The van der Waals surface area contributed by atoms with Crippen molar-refractivity contribution in [1.82, 2.24) is 0 Å². The molecule has 0 atom stereocenters. The van der Waals surface area contributed by atoms with E-state index < -0.39 is 0 Å². The van der Waals surface area contributed by atoms with Crippen LogP contribution in [0.3, 0.4) is 0 Å². The van der Waals surface area contributed by atoms with Gasteiger partial charge in [0.2, 0.25) is 0 Å². The highest BCUT2D eigenvalue weighted by Gasteiger charge is 2.37. The van der Waals surface area contributed by atoms with Crippen LogP contribution in [0.2, 0.25) is 0 Å². The van der Waals surface area contributed by atoms with Gasteiger partial charge in [-0.1, -0.05) is 534 Å². The molecule has 0 unspecified atom stereocenters. The van der Waals surface area contributed by atoms with Crippen molar-refractivity contribution >= 4 is 10.8 Å². The Bertz CT molecular complexity index is 7890. The van der Waals surface area contributed by atoms with Crippen LogP contribution in [0.5, 0.6) is 0 Å². The quantitative estimate of drug-likeness (QED) is 0.108. The van der Waals surface area contributed by atoms with Crippen molar-refractivity contribution in [2.75, 3.05) is 0 Å². The van der Waals surface area contributed by atoms with Crippen molar-refractivity contribution in [3.05, 3.63) is 646 Å². The second-order valence-corrected chi connectivity index (χ2v) is 38.9. The minimum Gasteiger partial charge on any atom is -0.0619 e. The number of hydrogen-bond acceptors (Lipinski definition) is 0. The van der Waals surface area contributed by atoms with Gasteiger partial charge in [-0.05, 0) is 268 Å². The zero-order chi connectivity index (χ0) is 93.7. The molecule has 29 rings (SSSR count). The van der Waals surface area contributed by atoms with Crippen LogP contribution in [0.25, 0.3) is 155 Å². The fourth-order valence-corrected chi connectivity index (χ4v) is 24.6.